The number of hydrogen-bond acceptors (Lipinski definition) is 1. The Balaban J connectivity index is 2.39. The smallest absolute Gasteiger partial charge is 0.126 e. The molecule has 2 rings (SSSR count). The Labute approximate surface area is 106 Å². The summed E-state index contributed by atoms with van der Waals surface area (Å²) < 4.78 is 26.8. The van der Waals surface area contributed by atoms with Crippen LogP contribution in [0, 0.1) is 11.6 Å². The van der Waals surface area contributed by atoms with Crippen LogP contribution in [0.2, 0.25) is 0 Å². The van der Waals surface area contributed by atoms with Crippen molar-refractivity contribution in [1.82, 2.24) is 0 Å². The van der Waals surface area contributed by atoms with Gasteiger partial charge in [-0.15, -0.1) is 0 Å². The molecule has 0 radical (unpaired) electrons. The summed E-state index contributed by atoms with van der Waals surface area (Å²) in [7, 11) is 0. The van der Waals surface area contributed by atoms with Crippen LogP contribution in [-0.2, 0) is 0 Å². The summed E-state index contributed by atoms with van der Waals surface area (Å²) in [6.07, 6.45) is -1.04. The van der Waals surface area contributed by atoms with Crippen LogP contribution in [0.4, 0.5) is 8.78 Å². The highest BCUT2D eigenvalue weighted by molar-refractivity contribution is 9.10. The normalized spacial score (nSPS) is 12.5. The fraction of sp³-hybridized carbons (Fsp3) is 0.0769. The quantitative estimate of drug-likeness (QED) is 0.894. The largest absolute Gasteiger partial charge is 0.384 e. The van der Waals surface area contributed by atoms with E-state index < -0.39 is 17.7 Å². The van der Waals surface area contributed by atoms with E-state index in [-0.39, 0.29) is 5.56 Å². The lowest BCUT2D eigenvalue weighted by molar-refractivity contribution is 0.219. The van der Waals surface area contributed by atoms with Gasteiger partial charge in [0.2, 0.25) is 0 Å². The molecule has 1 nitrogen and oxygen atoms in total. The molecule has 4 heteroatoms. The maximum Gasteiger partial charge on any atom is 0.126 e. The third-order valence-electron chi connectivity index (χ3n) is 2.37. The second-order valence-corrected chi connectivity index (χ2v) is 4.58. The van der Waals surface area contributed by atoms with Gasteiger partial charge in [-0.1, -0.05) is 28.1 Å². The molecule has 2 aromatic rings. The van der Waals surface area contributed by atoms with E-state index in [0.29, 0.717) is 5.56 Å². The molecule has 1 atom stereocenters. The molecule has 88 valence electrons. The molecule has 2 aromatic carbocycles. The third kappa shape index (κ3) is 2.90. The zero-order valence-corrected chi connectivity index (χ0v) is 10.3. The molecule has 0 aliphatic heterocycles. The van der Waals surface area contributed by atoms with Crippen LogP contribution >= 0.6 is 15.9 Å². The molecule has 0 heterocycles. The molecule has 17 heavy (non-hydrogen) atoms. The van der Waals surface area contributed by atoms with Crippen LogP contribution in [0.3, 0.4) is 0 Å². The lowest BCUT2D eigenvalue weighted by atomic mass is 10.0. The Morgan fingerprint density at radius 2 is 1.59 bits per heavy atom. The fourth-order valence-corrected chi connectivity index (χ4v) is 2.02. The number of halogens is 3. The minimum atomic E-state index is -1.04. The van der Waals surface area contributed by atoms with Crippen molar-refractivity contribution in [3.63, 3.8) is 0 Å². The Bertz CT molecular complexity index is 522. The van der Waals surface area contributed by atoms with E-state index in [2.05, 4.69) is 15.9 Å². The van der Waals surface area contributed by atoms with Gasteiger partial charge < -0.3 is 5.11 Å². The van der Waals surface area contributed by atoms with E-state index in [0.717, 1.165) is 22.7 Å². The molecular weight excluding hydrogens is 290 g/mol. The van der Waals surface area contributed by atoms with Gasteiger partial charge in [-0.2, -0.15) is 0 Å². The Kier molecular flexibility index (Phi) is 3.54. The lowest BCUT2D eigenvalue weighted by Crippen LogP contribution is -2.01. The molecule has 0 saturated heterocycles. The first-order chi connectivity index (χ1) is 8.06. The summed E-state index contributed by atoms with van der Waals surface area (Å²) in [4.78, 5) is 0. The molecule has 0 aromatic heterocycles. The molecule has 0 aliphatic carbocycles. The highest BCUT2D eigenvalue weighted by atomic mass is 79.9. The number of aliphatic hydroxyl groups excluding tert-OH is 1. The van der Waals surface area contributed by atoms with Crippen LogP contribution in [0.1, 0.15) is 17.2 Å². The molecular formula is C13H9BrF2O. The highest BCUT2D eigenvalue weighted by Crippen LogP contribution is 2.25. The first-order valence-electron chi connectivity index (χ1n) is 4.96. The van der Waals surface area contributed by atoms with Gasteiger partial charge in [0.15, 0.2) is 0 Å². The Hall–Kier alpha value is -1.26. The van der Waals surface area contributed by atoms with Gasteiger partial charge in [0.25, 0.3) is 0 Å². The minimum Gasteiger partial charge on any atom is -0.384 e. The SMILES string of the molecule is OC(c1cc(F)cc(F)c1)c1cccc(Br)c1. The van der Waals surface area contributed by atoms with Crippen molar-refractivity contribution < 1.29 is 13.9 Å². The van der Waals surface area contributed by atoms with Crippen molar-refractivity contribution in [3.8, 4) is 0 Å². The van der Waals surface area contributed by atoms with Gasteiger partial charge in [-0.25, -0.2) is 8.78 Å². The maximum atomic E-state index is 13.0. The summed E-state index contributed by atoms with van der Waals surface area (Å²) in [6, 6.07) is 9.97. The predicted octanol–water partition coefficient (Wildman–Crippen LogP) is 3.81. The van der Waals surface area contributed by atoms with Crippen molar-refractivity contribution in [2.75, 3.05) is 0 Å². The topological polar surface area (TPSA) is 20.2 Å². The Morgan fingerprint density at radius 1 is 0.941 bits per heavy atom. The van der Waals surface area contributed by atoms with Crippen LogP contribution < -0.4 is 0 Å². The molecule has 0 amide bonds. The van der Waals surface area contributed by atoms with E-state index in [4.69, 9.17) is 0 Å². The summed E-state index contributed by atoms with van der Waals surface area (Å²) in [5.41, 5.74) is 0.768. The standard InChI is InChI=1S/C13H9BrF2O/c14-10-3-1-2-8(4-10)13(17)9-5-11(15)7-12(16)6-9/h1-7,13,17H. The fourth-order valence-electron chi connectivity index (χ4n) is 1.60. The molecule has 0 spiro atoms. The molecule has 1 unspecified atom stereocenters. The third-order valence-corrected chi connectivity index (χ3v) is 2.86. The summed E-state index contributed by atoms with van der Waals surface area (Å²) in [5.74, 6) is -1.40. The van der Waals surface area contributed by atoms with Gasteiger partial charge in [0.05, 0.1) is 0 Å². The number of aliphatic hydroxyl groups is 1. The average molecular weight is 299 g/mol. The first-order valence-corrected chi connectivity index (χ1v) is 5.75. The maximum absolute atomic E-state index is 13.0. The first kappa shape index (κ1) is 12.2. The molecule has 1 N–H and O–H groups in total. The number of benzene rings is 2. The summed E-state index contributed by atoms with van der Waals surface area (Å²) >= 11 is 3.27. The van der Waals surface area contributed by atoms with E-state index >= 15 is 0 Å². The zero-order chi connectivity index (χ0) is 12.4. The van der Waals surface area contributed by atoms with Crippen LogP contribution in [0.15, 0.2) is 46.9 Å². The molecule has 0 bridgehead atoms. The average Bonchev–Trinajstić information content (AvgIpc) is 2.26. The zero-order valence-electron chi connectivity index (χ0n) is 8.70. The Morgan fingerprint density at radius 3 is 2.18 bits per heavy atom. The molecule has 0 aliphatic rings. The van der Waals surface area contributed by atoms with Gasteiger partial charge in [-0.3, -0.25) is 0 Å². The van der Waals surface area contributed by atoms with E-state index in [1.807, 2.05) is 6.07 Å². The van der Waals surface area contributed by atoms with Crippen LogP contribution in [0.5, 0.6) is 0 Å². The number of hydrogen-bond donors (Lipinski definition) is 1. The monoisotopic (exact) mass is 298 g/mol. The summed E-state index contributed by atoms with van der Waals surface area (Å²) in [5, 5.41) is 10.0. The second kappa shape index (κ2) is 4.94. The van der Waals surface area contributed by atoms with Crippen molar-refractivity contribution in [1.29, 1.82) is 0 Å². The van der Waals surface area contributed by atoms with Crippen LogP contribution in [0.25, 0.3) is 0 Å². The highest BCUT2D eigenvalue weighted by Gasteiger charge is 2.12. The van der Waals surface area contributed by atoms with Gasteiger partial charge in [0, 0.05) is 10.5 Å². The molecule has 0 fully saturated rings. The van der Waals surface area contributed by atoms with Crippen molar-refractivity contribution in [2.45, 2.75) is 6.10 Å². The van der Waals surface area contributed by atoms with E-state index in [1.165, 1.54) is 0 Å². The second-order valence-electron chi connectivity index (χ2n) is 3.66. The van der Waals surface area contributed by atoms with Gasteiger partial charge in [0.1, 0.15) is 17.7 Å². The van der Waals surface area contributed by atoms with Gasteiger partial charge >= 0.3 is 0 Å². The lowest BCUT2D eigenvalue weighted by Gasteiger charge is -2.12. The van der Waals surface area contributed by atoms with E-state index in [9.17, 15) is 13.9 Å². The van der Waals surface area contributed by atoms with Crippen molar-refractivity contribution in [2.24, 2.45) is 0 Å². The van der Waals surface area contributed by atoms with E-state index in [1.54, 1.807) is 18.2 Å². The van der Waals surface area contributed by atoms with Crippen LogP contribution in [-0.4, -0.2) is 5.11 Å². The van der Waals surface area contributed by atoms with Crippen molar-refractivity contribution in [3.05, 3.63) is 69.7 Å². The number of rotatable bonds is 2. The minimum absolute atomic E-state index is 0.195. The van der Waals surface area contributed by atoms with Crippen molar-refractivity contribution >= 4 is 15.9 Å². The van der Waals surface area contributed by atoms with Gasteiger partial charge in [-0.05, 0) is 35.4 Å². The predicted molar refractivity (Wildman–Crippen MR) is 64.6 cm³/mol. The summed E-state index contributed by atoms with van der Waals surface area (Å²) in [6.45, 7) is 0. The molecule has 0 saturated carbocycles.